The van der Waals surface area contributed by atoms with Crippen LogP contribution in [0.15, 0.2) is 24.3 Å². The van der Waals surface area contributed by atoms with E-state index in [2.05, 4.69) is 0 Å². The number of hydrogen-bond acceptors (Lipinski definition) is 3. The third-order valence-electron chi connectivity index (χ3n) is 3.71. The van der Waals surface area contributed by atoms with Crippen LogP contribution in [-0.2, 0) is 4.74 Å². The first kappa shape index (κ1) is 15.6. The molecule has 0 aromatic heterocycles. The third-order valence-corrected chi connectivity index (χ3v) is 3.94. The van der Waals surface area contributed by atoms with Crippen molar-refractivity contribution >= 4 is 11.6 Å². The first-order chi connectivity index (χ1) is 9.65. The van der Waals surface area contributed by atoms with Gasteiger partial charge in [-0.1, -0.05) is 17.7 Å². The van der Waals surface area contributed by atoms with Crippen LogP contribution in [0.5, 0.6) is 5.75 Å². The minimum Gasteiger partial charge on any atom is -0.488 e. The molecule has 1 aliphatic rings. The van der Waals surface area contributed by atoms with E-state index in [1.54, 1.807) is 12.1 Å². The van der Waals surface area contributed by atoms with E-state index in [0.29, 0.717) is 16.9 Å². The van der Waals surface area contributed by atoms with Crippen LogP contribution in [0.25, 0.3) is 0 Å². The predicted molar refractivity (Wildman–Crippen MR) is 80.4 cm³/mol. The highest BCUT2D eigenvalue weighted by Crippen LogP contribution is 2.21. The summed E-state index contributed by atoms with van der Waals surface area (Å²) < 4.78 is 11.3. The Morgan fingerprint density at radius 3 is 3.05 bits per heavy atom. The molecule has 1 aliphatic heterocycles. The molecule has 0 aliphatic carbocycles. The van der Waals surface area contributed by atoms with Crippen molar-refractivity contribution in [3.8, 4) is 5.75 Å². The van der Waals surface area contributed by atoms with Crippen LogP contribution in [0.4, 0.5) is 0 Å². The molecule has 3 unspecified atom stereocenters. The lowest BCUT2D eigenvalue weighted by Gasteiger charge is -2.21. The van der Waals surface area contributed by atoms with Crippen LogP contribution >= 0.6 is 11.6 Å². The summed E-state index contributed by atoms with van der Waals surface area (Å²) in [5.41, 5.74) is 0. The van der Waals surface area contributed by atoms with Gasteiger partial charge in [-0.15, -0.1) is 0 Å². The van der Waals surface area contributed by atoms with Gasteiger partial charge in [0.25, 0.3) is 0 Å². The summed E-state index contributed by atoms with van der Waals surface area (Å²) in [5.74, 6) is 0.697. The monoisotopic (exact) mass is 298 g/mol. The highest BCUT2D eigenvalue weighted by atomic mass is 35.5. The number of aliphatic hydroxyl groups excluding tert-OH is 1. The molecule has 1 N–H and O–H groups in total. The normalized spacial score (nSPS) is 21.6. The van der Waals surface area contributed by atoms with E-state index in [0.717, 1.165) is 32.3 Å². The summed E-state index contributed by atoms with van der Waals surface area (Å²) in [7, 11) is 0. The highest BCUT2D eigenvalue weighted by molar-refractivity contribution is 6.30. The number of halogens is 1. The van der Waals surface area contributed by atoms with Crippen molar-refractivity contribution in [3.05, 3.63) is 29.3 Å². The van der Waals surface area contributed by atoms with E-state index < -0.39 is 6.10 Å². The summed E-state index contributed by atoms with van der Waals surface area (Å²) in [6, 6.07) is 7.25. The van der Waals surface area contributed by atoms with Crippen LogP contribution < -0.4 is 4.74 Å². The van der Waals surface area contributed by atoms with Gasteiger partial charge >= 0.3 is 0 Å². The molecule has 3 atom stereocenters. The molecular weight excluding hydrogens is 276 g/mol. The molecule has 0 saturated carbocycles. The molecule has 0 bridgehead atoms. The maximum Gasteiger partial charge on any atom is 0.122 e. The zero-order valence-electron chi connectivity index (χ0n) is 11.9. The van der Waals surface area contributed by atoms with Crippen molar-refractivity contribution in [1.29, 1.82) is 0 Å². The minimum atomic E-state index is -0.463. The summed E-state index contributed by atoms with van der Waals surface area (Å²) in [6.45, 7) is 2.78. The van der Waals surface area contributed by atoms with Gasteiger partial charge in [-0.05, 0) is 57.2 Å². The molecular formula is C16H23ClO3. The second-order valence-electron chi connectivity index (χ2n) is 5.41. The maximum atomic E-state index is 10.1. The Morgan fingerprint density at radius 2 is 2.35 bits per heavy atom. The van der Waals surface area contributed by atoms with Crippen LogP contribution in [0.1, 0.15) is 39.0 Å². The lowest BCUT2D eigenvalue weighted by atomic mass is 10.0. The molecule has 0 radical (unpaired) electrons. The first-order valence-electron chi connectivity index (χ1n) is 7.37. The molecule has 20 heavy (non-hydrogen) atoms. The van der Waals surface area contributed by atoms with Gasteiger partial charge < -0.3 is 14.6 Å². The van der Waals surface area contributed by atoms with Crippen molar-refractivity contribution < 1.29 is 14.6 Å². The van der Waals surface area contributed by atoms with Crippen molar-refractivity contribution in [2.75, 3.05) is 6.61 Å². The standard InChI is InChI=1S/C16H23ClO3/c1-12(20-15-7-2-5-13(17)11-15)16(18)9-3-6-14-8-4-10-19-14/h2,5,7,11-12,14,16,18H,3-4,6,8-10H2,1H3. The number of aliphatic hydroxyl groups is 1. The molecule has 0 spiro atoms. The minimum absolute atomic E-state index is 0.238. The highest BCUT2D eigenvalue weighted by Gasteiger charge is 2.19. The van der Waals surface area contributed by atoms with E-state index >= 15 is 0 Å². The third kappa shape index (κ3) is 4.97. The largest absolute Gasteiger partial charge is 0.488 e. The fraction of sp³-hybridized carbons (Fsp3) is 0.625. The molecule has 4 heteroatoms. The Bertz CT molecular complexity index is 404. The molecule has 1 saturated heterocycles. The summed E-state index contributed by atoms with van der Waals surface area (Å²) in [6.07, 6.45) is 4.75. The Morgan fingerprint density at radius 1 is 1.50 bits per heavy atom. The first-order valence-corrected chi connectivity index (χ1v) is 7.75. The second kappa shape index (κ2) is 7.87. The summed E-state index contributed by atoms with van der Waals surface area (Å²) in [5, 5.41) is 10.8. The van der Waals surface area contributed by atoms with Gasteiger partial charge in [0.2, 0.25) is 0 Å². The number of benzene rings is 1. The van der Waals surface area contributed by atoms with Crippen molar-refractivity contribution in [2.45, 2.75) is 57.3 Å². The van der Waals surface area contributed by atoms with E-state index in [-0.39, 0.29) is 6.10 Å². The Kier molecular flexibility index (Phi) is 6.14. The van der Waals surface area contributed by atoms with E-state index in [4.69, 9.17) is 21.1 Å². The molecule has 1 aromatic rings. The molecule has 1 fully saturated rings. The fourth-order valence-electron chi connectivity index (χ4n) is 2.49. The van der Waals surface area contributed by atoms with Crippen molar-refractivity contribution in [3.63, 3.8) is 0 Å². The quantitative estimate of drug-likeness (QED) is 0.832. The van der Waals surface area contributed by atoms with Gasteiger partial charge in [0.15, 0.2) is 0 Å². The smallest absolute Gasteiger partial charge is 0.122 e. The average molecular weight is 299 g/mol. The van der Waals surface area contributed by atoms with E-state index in [1.165, 1.54) is 6.42 Å². The Hall–Kier alpha value is -0.770. The molecule has 2 rings (SSSR count). The summed E-state index contributed by atoms with van der Waals surface area (Å²) in [4.78, 5) is 0. The van der Waals surface area contributed by atoms with Gasteiger partial charge in [0, 0.05) is 11.6 Å². The number of ether oxygens (including phenoxy) is 2. The lowest BCUT2D eigenvalue weighted by Crippen LogP contribution is -2.28. The SMILES string of the molecule is CC(Oc1cccc(Cl)c1)C(O)CCCC1CCCO1. The lowest BCUT2D eigenvalue weighted by molar-refractivity contribution is 0.0352. The predicted octanol–water partition coefficient (Wildman–Crippen LogP) is 3.82. The Balaban J connectivity index is 1.69. The molecule has 0 amide bonds. The number of rotatable bonds is 7. The molecule has 1 heterocycles. The zero-order valence-corrected chi connectivity index (χ0v) is 12.7. The zero-order chi connectivity index (χ0) is 14.4. The fourth-order valence-corrected chi connectivity index (χ4v) is 2.68. The van der Waals surface area contributed by atoms with Gasteiger partial charge in [0.05, 0.1) is 12.2 Å². The van der Waals surface area contributed by atoms with Gasteiger partial charge in [-0.2, -0.15) is 0 Å². The molecule has 112 valence electrons. The molecule has 3 nitrogen and oxygen atoms in total. The number of hydrogen-bond donors (Lipinski definition) is 1. The van der Waals surface area contributed by atoms with Crippen LogP contribution in [0.2, 0.25) is 5.02 Å². The van der Waals surface area contributed by atoms with Gasteiger partial charge in [-0.25, -0.2) is 0 Å². The summed E-state index contributed by atoms with van der Waals surface area (Å²) >= 11 is 5.91. The Labute approximate surface area is 125 Å². The van der Waals surface area contributed by atoms with Gasteiger partial charge in [-0.3, -0.25) is 0 Å². The average Bonchev–Trinajstić information content (AvgIpc) is 2.91. The van der Waals surface area contributed by atoms with Crippen LogP contribution in [-0.4, -0.2) is 30.0 Å². The second-order valence-corrected chi connectivity index (χ2v) is 5.85. The van der Waals surface area contributed by atoms with E-state index in [9.17, 15) is 5.11 Å². The van der Waals surface area contributed by atoms with Crippen LogP contribution in [0, 0.1) is 0 Å². The topological polar surface area (TPSA) is 38.7 Å². The van der Waals surface area contributed by atoms with Gasteiger partial charge in [0.1, 0.15) is 11.9 Å². The molecule has 1 aromatic carbocycles. The van der Waals surface area contributed by atoms with E-state index in [1.807, 2.05) is 19.1 Å². The maximum absolute atomic E-state index is 10.1. The van der Waals surface area contributed by atoms with Crippen LogP contribution in [0.3, 0.4) is 0 Å². The van der Waals surface area contributed by atoms with Crippen molar-refractivity contribution in [1.82, 2.24) is 0 Å². The van der Waals surface area contributed by atoms with Crippen molar-refractivity contribution in [2.24, 2.45) is 0 Å².